The molecule has 34 heavy (non-hydrogen) atoms. The van der Waals surface area contributed by atoms with Gasteiger partial charge in [0, 0.05) is 43.2 Å². The number of benzene rings is 1. The van der Waals surface area contributed by atoms with E-state index in [9.17, 15) is 9.90 Å². The summed E-state index contributed by atoms with van der Waals surface area (Å²) in [6, 6.07) is 15.7. The number of hydrogen-bond donors (Lipinski definition) is 1. The van der Waals surface area contributed by atoms with Crippen LogP contribution in [0.5, 0.6) is 0 Å². The van der Waals surface area contributed by atoms with Gasteiger partial charge in [-0.2, -0.15) is 0 Å². The monoisotopic (exact) mass is 638 g/mol. The van der Waals surface area contributed by atoms with E-state index >= 15 is 0 Å². The van der Waals surface area contributed by atoms with Crippen LogP contribution in [-0.4, -0.2) is 20.9 Å². The Bertz CT molecular complexity index is 1150. The van der Waals surface area contributed by atoms with E-state index in [2.05, 4.69) is 44.0 Å². The first-order valence-electron chi connectivity index (χ1n) is 11.4. The maximum atomic E-state index is 11.5. The number of aryl methyl sites for hydroxylation is 1. The molecule has 5 heteroatoms. The molecule has 0 unspecified atom stereocenters. The van der Waals surface area contributed by atoms with E-state index in [1.54, 1.807) is 6.20 Å². The molecular weight excluding hydrogens is 601 g/mol. The van der Waals surface area contributed by atoms with Gasteiger partial charge in [0.2, 0.25) is 0 Å². The van der Waals surface area contributed by atoms with Crippen LogP contribution >= 0.6 is 0 Å². The van der Waals surface area contributed by atoms with E-state index in [1.807, 2.05) is 65.8 Å². The van der Waals surface area contributed by atoms with Crippen molar-refractivity contribution in [1.29, 1.82) is 0 Å². The van der Waals surface area contributed by atoms with Crippen molar-refractivity contribution in [3.8, 4) is 11.3 Å². The zero-order valence-corrected chi connectivity index (χ0v) is 24.2. The number of aromatic nitrogens is 2. The van der Waals surface area contributed by atoms with Crippen LogP contribution in [0.4, 0.5) is 0 Å². The predicted octanol–water partition coefficient (Wildman–Crippen LogP) is 7.62. The maximum absolute atomic E-state index is 11.5. The van der Waals surface area contributed by atoms with Crippen LogP contribution in [0.2, 0.25) is 0 Å². The molecule has 2 heterocycles. The van der Waals surface area contributed by atoms with Gasteiger partial charge in [-0.25, -0.2) is 0 Å². The molecule has 0 aliphatic heterocycles. The third-order valence-corrected chi connectivity index (χ3v) is 5.20. The number of hydrogen-bond acceptors (Lipinski definition) is 4. The molecule has 0 atom stereocenters. The first-order valence-corrected chi connectivity index (χ1v) is 11.4. The van der Waals surface area contributed by atoms with Crippen LogP contribution in [0.3, 0.4) is 0 Å². The first kappa shape index (κ1) is 29.7. The third kappa shape index (κ3) is 8.45. The van der Waals surface area contributed by atoms with Crippen LogP contribution in [-0.2, 0) is 24.9 Å². The molecule has 4 nitrogen and oxygen atoms in total. The van der Waals surface area contributed by atoms with Crippen LogP contribution in [0.15, 0.2) is 54.4 Å². The molecule has 0 saturated carbocycles. The minimum Gasteiger partial charge on any atom is -0.512 e. The quantitative estimate of drug-likeness (QED) is 0.182. The second-order valence-corrected chi connectivity index (χ2v) is 10.8. The zero-order valence-electron chi connectivity index (χ0n) is 21.8. The fourth-order valence-electron chi connectivity index (χ4n) is 2.88. The Morgan fingerprint density at radius 1 is 1.00 bits per heavy atom. The number of nitrogens with zero attached hydrogens (tertiary/aromatic N) is 2. The van der Waals surface area contributed by atoms with Crippen molar-refractivity contribution in [2.24, 2.45) is 10.8 Å². The molecule has 1 N–H and O–H groups in total. The topological polar surface area (TPSA) is 63.1 Å². The number of aliphatic hydroxyl groups is 1. The summed E-state index contributed by atoms with van der Waals surface area (Å²) in [5.41, 5.74) is 5.57. The number of carbonyl (C=O) groups is 1. The molecule has 0 aliphatic carbocycles. The normalized spacial score (nSPS) is 12.1. The molecular formula is C29H37IrN2O2-. The van der Waals surface area contributed by atoms with Crippen LogP contribution in [0, 0.1) is 23.8 Å². The molecule has 0 aliphatic rings. The van der Waals surface area contributed by atoms with E-state index in [0.29, 0.717) is 5.92 Å². The van der Waals surface area contributed by atoms with Crippen LogP contribution < -0.4 is 0 Å². The van der Waals surface area contributed by atoms with Gasteiger partial charge < -0.3 is 5.11 Å². The SMILES string of the molecule is CC(C)(C)C(=O)/C=C(\O)C(C)(C)C.Cc1[c-]c(-c2ccc3ncccc3n2)cc(C(C)C)c1.[Ir]. The smallest absolute Gasteiger partial charge is 0.164 e. The van der Waals surface area contributed by atoms with Crippen molar-refractivity contribution in [3.63, 3.8) is 0 Å². The van der Waals surface area contributed by atoms with E-state index < -0.39 is 5.41 Å². The van der Waals surface area contributed by atoms with Gasteiger partial charge in [-0.1, -0.05) is 68.4 Å². The van der Waals surface area contributed by atoms with Gasteiger partial charge in [-0.3, -0.25) is 14.8 Å². The maximum Gasteiger partial charge on any atom is 0.164 e. The number of fused-ring (bicyclic) bond motifs is 1. The second-order valence-electron chi connectivity index (χ2n) is 10.8. The van der Waals surface area contributed by atoms with Crippen molar-refractivity contribution < 1.29 is 30.0 Å². The Labute approximate surface area is 218 Å². The van der Waals surface area contributed by atoms with Gasteiger partial charge >= 0.3 is 0 Å². The van der Waals surface area contributed by atoms with Gasteiger partial charge in [0.15, 0.2) is 5.78 Å². The van der Waals surface area contributed by atoms with E-state index in [1.165, 1.54) is 11.6 Å². The van der Waals surface area contributed by atoms with Gasteiger partial charge in [-0.05, 0) is 29.8 Å². The summed E-state index contributed by atoms with van der Waals surface area (Å²) < 4.78 is 0. The number of ketones is 1. The van der Waals surface area contributed by atoms with Crippen molar-refractivity contribution in [3.05, 3.63) is 71.6 Å². The summed E-state index contributed by atoms with van der Waals surface area (Å²) in [6.07, 6.45) is 3.12. The largest absolute Gasteiger partial charge is 0.512 e. The number of allylic oxidation sites excluding steroid dienone is 2. The van der Waals surface area contributed by atoms with Gasteiger partial charge in [-0.15, -0.1) is 34.9 Å². The number of carbonyl (C=O) groups excluding carboxylic acids is 1. The summed E-state index contributed by atoms with van der Waals surface area (Å²) in [5.74, 6) is 0.608. The van der Waals surface area contributed by atoms with Gasteiger partial charge in [0.25, 0.3) is 0 Å². The summed E-state index contributed by atoms with van der Waals surface area (Å²) >= 11 is 0. The molecule has 1 aromatic carbocycles. The molecule has 0 amide bonds. The Hall–Kier alpha value is -2.36. The standard InChI is InChI=1S/C18H17N2.C11H20O2.Ir/c1-12(2)14-9-13(3)10-15(11-14)16-6-7-17-18(20-16)5-4-8-19-17;1-10(2,3)8(12)7-9(13)11(4,5)6;/h4-9,11-12H,1-3H3;7,12H,1-6H3;/q-1;;/b;8-7-;. The Morgan fingerprint density at radius 2 is 1.65 bits per heavy atom. The fourth-order valence-corrected chi connectivity index (χ4v) is 2.88. The third-order valence-electron chi connectivity index (χ3n) is 5.20. The molecule has 0 saturated heterocycles. The van der Waals surface area contributed by atoms with E-state index in [-0.39, 0.29) is 37.1 Å². The summed E-state index contributed by atoms with van der Waals surface area (Å²) in [5, 5.41) is 9.56. The summed E-state index contributed by atoms with van der Waals surface area (Å²) in [6.45, 7) is 17.6. The second kappa shape index (κ2) is 11.9. The molecule has 0 fully saturated rings. The minimum absolute atomic E-state index is 0. The first-order chi connectivity index (χ1) is 15.2. The predicted molar refractivity (Wildman–Crippen MR) is 137 cm³/mol. The van der Waals surface area contributed by atoms with Crippen molar-refractivity contribution in [1.82, 2.24) is 9.97 Å². The Balaban J connectivity index is 0.000000364. The molecule has 0 bridgehead atoms. The molecule has 3 rings (SSSR count). The number of aliphatic hydroxyl groups excluding tert-OH is 1. The van der Waals surface area contributed by atoms with Crippen molar-refractivity contribution in [2.45, 2.75) is 68.2 Å². The van der Waals surface area contributed by atoms with Crippen molar-refractivity contribution >= 4 is 16.8 Å². The summed E-state index contributed by atoms with van der Waals surface area (Å²) in [4.78, 5) is 20.5. The molecule has 185 valence electrons. The number of pyridine rings is 2. The summed E-state index contributed by atoms with van der Waals surface area (Å²) in [7, 11) is 0. The van der Waals surface area contributed by atoms with E-state index in [4.69, 9.17) is 4.98 Å². The minimum atomic E-state index is -0.417. The molecule has 3 aromatic rings. The van der Waals surface area contributed by atoms with E-state index in [0.717, 1.165) is 27.9 Å². The Kier molecular flexibility index (Phi) is 10.3. The van der Waals surface area contributed by atoms with Crippen LogP contribution in [0.25, 0.3) is 22.3 Å². The van der Waals surface area contributed by atoms with Gasteiger partial charge in [0.1, 0.15) is 5.76 Å². The fraction of sp³-hybridized carbons (Fsp3) is 0.414. The molecule has 1 radical (unpaired) electrons. The van der Waals surface area contributed by atoms with Crippen LogP contribution in [0.1, 0.15) is 72.4 Å². The molecule has 2 aromatic heterocycles. The average molecular weight is 638 g/mol. The average Bonchev–Trinajstić information content (AvgIpc) is 2.72. The van der Waals surface area contributed by atoms with Crippen molar-refractivity contribution in [2.75, 3.05) is 0 Å². The zero-order chi connectivity index (χ0) is 25.0. The molecule has 0 spiro atoms. The number of rotatable bonds is 3. The van der Waals surface area contributed by atoms with Gasteiger partial charge in [0.05, 0.1) is 11.0 Å². The Morgan fingerprint density at radius 3 is 2.21 bits per heavy atom.